The van der Waals surface area contributed by atoms with Crippen molar-refractivity contribution in [2.24, 2.45) is 11.8 Å². The largest absolute Gasteiger partial charge is 0.383 e. The molecule has 0 bridgehead atoms. The van der Waals surface area contributed by atoms with Crippen LogP contribution in [-0.4, -0.2) is 21.3 Å². The van der Waals surface area contributed by atoms with E-state index >= 15 is 0 Å². The SMILES string of the molecule is CC[C@@]1(/C=C/C(C)C)O[C@@H](n2ccc(N)nc2=O)[C@H](F)[C@@H]1C. The number of rotatable bonds is 4. The molecule has 6 heteroatoms. The second kappa shape index (κ2) is 6.20. The van der Waals surface area contributed by atoms with Crippen LogP contribution in [-0.2, 0) is 4.74 Å². The van der Waals surface area contributed by atoms with Crippen molar-refractivity contribution >= 4 is 5.82 Å². The third-order valence-corrected chi connectivity index (χ3v) is 4.30. The Morgan fingerprint density at radius 1 is 1.59 bits per heavy atom. The number of nitrogens with zero attached hydrogens (tertiary/aromatic N) is 2. The van der Waals surface area contributed by atoms with Gasteiger partial charge >= 0.3 is 5.69 Å². The van der Waals surface area contributed by atoms with E-state index in [-0.39, 0.29) is 11.7 Å². The maximum Gasteiger partial charge on any atom is 0.351 e. The van der Waals surface area contributed by atoms with Crippen molar-refractivity contribution < 1.29 is 9.13 Å². The lowest BCUT2D eigenvalue weighted by Crippen LogP contribution is -2.33. The molecule has 122 valence electrons. The molecule has 0 unspecified atom stereocenters. The maximum absolute atomic E-state index is 14.8. The van der Waals surface area contributed by atoms with Gasteiger partial charge in [0.25, 0.3) is 0 Å². The van der Waals surface area contributed by atoms with Crippen molar-refractivity contribution in [3.05, 3.63) is 34.9 Å². The second-order valence-corrected chi connectivity index (χ2v) is 6.20. The Morgan fingerprint density at radius 2 is 2.27 bits per heavy atom. The lowest BCUT2D eigenvalue weighted by molar-refractivity contribution is -0.0643. The molecule has 1 fully saturated rings. The number of hydrogen-bond acceptors (Lipinski definition) is 4. The van der Waals surface area contributed by atoms with Crippen LogP contribution in [0.25, 0.3) is 0 Å². The normalized spacial score (nSPS) is 32.2. The molecule has 1 aromatic rings. The summed E-state index contributed by atoms with van der Waals surface area (Å²) in [5.41, 5.74) is 4.17. The molecule has 0 spiro atoms. The van der Waals surface area contributed by atoms with E-state index in [9.17, 15) is 9.18 Å². The average molecular weight is 309 g/mol. The molecular weight excluding hydrogens is 285 g/mol. The van der Waals surface area contributed by atoms with Crippen LogP contribution in [0.15, 0.2) is 29.2 Å². The van der Waals surface area contributed by atoms with E-state index in [1.807, 2.05) is 26.0 Å². The zero-order valence-corrected chi connectivity index (χ0v) is 13.5. The lowest BCUT2D eigenvalue weighted by Gasteiger charge is -2.28. The van der Waals surface area contributed by atoms with Crippen LogP contribution >= 0.6 is 0 Å². The molecule has 5 nitrogen and oxygen atoms in total. The molecule has 0 radical (unpaired) electrons. The Morgan fingerprint density at radius 3 is 2.82 bits per heavy atom. The van der Waals surface area contributed by atoms with Crippen molar-refractivity contribution in [3.63, 3.8) is 0 Å². The van der Waals surface area contributed by atoms with E-state index < -0.39 is 23.7 Å². The van der Waals surface area contributed by atoms with E-state index in [1.54, 1.807) is 0 Å². The standard InChI is InChI=1S/C16H24FN3O2/c1-5-16(8-6-10(2)3)11(4)13(17)14(22-16)20-9-7-12(18)19-15(20)21/h6-11,13-14H,5H2,1-4H3,(H2,18,19,21)/b8-6+/t11-,13+,14+,16-/m0/s1. The molecule has 0 amide bonds. The second-order valence-electron chi connectivity index (χ2n) is 6.20. The summed E-state index contributed by atoms with van der Waals surface area (Å²) in [7, 11) is 0. The number of allylic oxidation sites excluding steroid dienone is 1. The van der Waals surface area contributed by atoms with Crippen LogP contribution in [0.2, 0.25) is 0 Å². The van der Waals surface area contributed by atoms with E-state index in [2.05, 4.69) is 18.8 Å². The highest BCUT2D eigenvalue weighted by Gasteiger charge is 2.51. The topological polar surface area (TPSA) is 70.1 Å². The quantitative estimate of drug-likeness (QED) is 0.868. The van der Waals surface area contributed by atoms with Crippen molar-refractivity contribution in [3.8, 4) is 0 Å². The molecule has 1 aromatic heterocycles. The van der Waals surface area contributed by atoms with Gasteiger partial charge in [-0.3, -0.25) is 4.57 Å². The van der Waals surface area contributed by atoms with Gasteiger partial charge in [0.05, 0.1) is 5.60 Å². The molecule has 2 N–H and O–H groups in total. The lowest BCUT2D eigenvalue weighted by atomic mass is 9.84. The van der Waals surface area contributed by atoms with Crippen LogP contribution in [0.1, 0.15) is 40.3 Å². The molecule has 1 saturated heterocycles. The number of hydrogen-bond donors (Lipinski definition) is 1. The highest BCUT2D eigenvalue weighted by Crippen LogP contribution is 2.45. The minimum atomic E-state index is -1.29. The molecule has 2 rings (SSSR count). The van der Waals surface area contributed by atoms with Gasteiger partial charge in [-0.1, -0.05) is 39.8 Å². The van der Waals surface area contributed by atoms with Crippen LogP contribution in [0.3, 0.4) is 0 Å². The minimum Gasteiger partial charge on any atom is -0.383 e. The van der Waals surface area contributed by atoms with Gasteiger partial charge in [0.15, 0.2) is 12.4 Å². The first-order chi connectivity index (χ1) is 10.3. The molecule has 0 saturated carbocycles. The average Bonchev–Trinajstić information content (AvgIpc) is 2.71. The monoisotopic (exact) mass is 309 g/mol. The van der Waals surface area contributed by atoms with Crippen molar-refractivity contribution in [1.82, 2.24) is 9.55 Å². The van der Waals surface area contributed by atoms with Gasteiger partial charge in [-0.05, 0) is 18.4 Å². The fourth-order valence-electron chi connectivity index (χ4n) is 2.81. The van der Waals surface area contributed by atoms with E-state index in [1.165, 1.54) is 16.8 Å². The molecule has 0 aromatic carbocycles. The fourth-order valence-corrected chi connectivity index (χ4v) is 2.81. The number of halogens is 1. The minimum absolute atomic E-state index is 0.115. The first kappa shape index (κ1) is 16.7. The van der Waals surface area contributed by atoms with Gasteiger partial charge < -0.3 is 10.5 Å². The molecule has 22 heavy (non-hydrogen) atoms. The van der Waals surface area contributed by atoms with Gasteiger partial charge in [0.1, 0.15) is 5.82 Å². The number of alkyl halides is 1. The summed E-state index contributed by atoms with van der Waals surface area (Å²) in [6.45, 7) is 7.88. The summed E-state index contributed by atoms with van der Waals surface area (Å²) in [5.74, 6) is 0.100. The summed E-state index contributed by atoms with van der Waals surface area (Å²) in [6, 6.07) is 1.47. The Hall–Kier alpha value is -1.69. The van der Waals surface area contributed by atoms with E-state index in [0.717, 1.165) is 0 Å². The number of aromatic nitrogens is 2. The Balaban J connectivity index is 2.38. The summed E-state index contributed by atoms with van der Waals surface area (Å²) < 4.78 is 22.0. The van der Waals surface area contributed by atoms with Crippen LogP contribution < -0.4 is 11.4 Å². The highest BCUT2D eigenvalue weighted by molar-refractivity contribution is 5.24. The van der Waals surface area contributed by atoms with Gasteiger partial charge in [-0.15, -0.1) is 0 Å². The molecule has 0 aliphatic carbocycles. The van der Waals surface area contributed by atoms with Crippen molar-refractivity contribution in [1.29, 1.82) is 0 Å². The summed E-state index contributed by atoms with van der Waals surface area (Å²) in [6.07, 6.45) is 3.74. The van der Waals surface area contributed by atoms with Gasteiger partial charge in [0.2, 0.25) is 0 Å². The zero-order valence-electron chi connectivity index (χ0n) is 13.5. The Labute approximate surface area is 130 Å². The number of ether oxygens (including phenoxy) is 1. The summed E-state index contributed by atoms with van der Waals surface area (Å²) >= 11 is 0. The van der Waals surface area contributed by atoms with Crippen LogP contribution in [0.4, 0.5) is 10.2 Å². The summed E-state index contributed by atoms with van der Waals surface area (Å²) in [5, 5.41) is 0. The summed E-state index contributed by atoms with van der Waals surface area (Å²) in [4.78, 5) is 15.6. The molecular formula is C16H24FN3O2. The Kier molecular flexibility index (Phi) is 4.70. The molecule has 1 aliphatic rings. The van der Waals surface area contributed by atoms with Gasteiger partial charge in [-0.2, -0.15) is 4.98 Å². The highest BCUT2D eigenvalue weighted by atomic mass is 19.1. The van der Waals surface area contributed by atoms with Gasteiger partial charge in [-0.25, -0.2) is 9.18 Å². The van der Waals surface area contributed by atoms with E-state index in [0.29, 0.717) is 12.3 Å². The predicted molar refractivity (Wildman–Crippen MR) is 84.1 cm³/mol. The zero-order chi connectivity index (χ0) is 16.5. The predicted octanol–water partition coefficient (Wildman–Crippen LogP) is 2.69. The Bertz CT molecular complexity index is 614. The maximum atomic E-state index is 14.8. The third-order valence-electron chi connectivity index (χ3n) is 4.30. The number of nitrogens with two attached hydrogens (primary N) is 1. The number of anilines is 1. The van der Waals surface area contributed by atoms with Crippen molar-refractivity contribution in [2.75, 3.05) is 5.73 Å². The first-order valence-corrected chi connectivity index (χ1v) is 7.66. The van der Waals surface area contributed by atoms with Crippen molar-refractivity contribution in [2.45, 2.75) is 52.1 Å². The van der Waals surface area contributed by atoms with Crippen LogP contribution in [0, 0.1) is 11.8 Å². The van der Waals surface area contributed by atoms with Crippen LogP contribution in [0.5, 0.6) is 0 Å². The third kappa shape index (κ3) is 2.92. The van der Waals surface area contributed by atoms with Gasteiger partial charge in [0, 0.05) is 12.1 Å². The fraction of sp³-hybridized carbons (Fsp3) is 0.625. The smallest absolute Gasteiger partial charge is 0.351 e. The molecule has 1 aliphatic heterocycles. The molecule has 4 atom stereocenters. The first-order valence-electron chi connectivity index (χ1n) is 7.66. The molecule has 2 heterocycles. The number of nitrogen functional groups attached to an aromatic ring is 1. The van der Waals surface area contributed by atoms with E-state index in [4.69, 9.17) is 10.5 Å².